The predicted octanol–water partition coefficient (Wildman–Crippen LogP) is 4.81. The van der Waals surface area contributed by atoms with E-state index in [1.54, 1.807) is 24.3 Å². The molecule has 0 aliphatic carbocycles. The molecular weight excluding hydrogens is 402 g/mol. The van der Waals surface area contributed by atoms with Gasteiger partial charge in [0.05, 0.1) is 39.6 Å². The van der Waals surface area contributed by atoms with Gasteiger partial charge in [-0.1, -0.05) is 12.2 Å². The van der Waals surface area contributed by atoms with Gasteiger partial charge in [0.25, 0.3) is 0 Å². The van der Waals surface area contributed by atoms with Crippen LogP contribution in [-0.2, 0) is 0 Å². The molecule has 0 spiro atoms. The summed E-state index contributed by atoms with van der Waals surface area (Å²) in [6.07, 6.45) is 12.6. The van der Waals surface area contributed by atoms with Crippen LogP contribution in [0.5, 0.6) is 0 Å². The number of fused-ring (bicyclic) bond motifs is 1. The fourth-order valence-electron chi connectivity index (χ4n) is 2.97. The number of pyridine rings is 1. The molecule has 0 radical (unpaired) electrons. The lowest BCUT2D eigenvalue weighted by atomic mass is 10.2. The molecule has 1 aliphatic rings. The fraction of sp³-hybridized carbons (Fsp3) is 0.333. The topological polar surface area (TPSA) is 70.0 Å². The number of allylic oxidation sites excluding steroid dienone is 2. The summed E-state index contributed by atoms with van der Waals surface area (Å²) < 4.78 is 0. The first kappa shape index (κ1) is 21.3. The largest absolute Gasteiger partial charge is 0.377 e. The van der Waals surface area contributed by atoms with Crippen molar-refractivity contribution < 1.29 is 4.79 Å². The van der Waals surface area contributed by atoms with E-state index in [0.717, 1.165) is 46.5 Å². The number of nitrogens with zero attached hydrogens (tertiary/aromatic N) is 4. The van der Waals surface area contributed by atoms with Crippen molar-refractivity contribution in [2.45, 2.75) is 25.8 Å². The Hall–Kier alpha value is -2.45. The molecule has 1 aliphatic heterocycles. The van der Waals surface area contributed by atoms with Crippen molar-refractivity contribution >= 4 is 62.9 Å². The number of rotatable bonds is 5. The number of thioether (sulfide) groups is 1. The quantitative estimate of drug-likeness (QED) is 0.321. The van der Waals surface area contributed by atoms with Gasteiger partial charge in [0.1, 0.15) is 4.83 Å². The second kappa shape index (κ2) is 10.4. The fourth-order valence-corrected chi connectivity index (χ4v) is 4.51. The number of hydrogen-bond acceptors (Lipinski definition) is 7. The maximum atomic E-state index is 11.6. The number of thiophene rings is 1. The minimum absolute atomic E-state index is 0.0913. The second-order valence-electron chi connectivity index (χ2n) is 6.77. The van der Waals surface area contributed by atoms with Crippen LogP contribution in [0.25, 0.3) is 10.2 Å². The van der Waals surface area contributed by atoms with Crippen molar-refractivity contribution in [3.05, 3.63) is 41.1 Å². The van der Waals surface area contributed by atoms with Gasteiger partial charge in [-0.3, -0.25) is 9.79 Å². The number of nitrogens with one attached hydrogen (secondary N) is 1. The number of anilines is 1. The van der Waals surface area contributed by atoms with Gasteiger partial charge in [0.15, 0.2) is 6.29 Å². The number of carbonyl (C=O) groups excluding carboxylic acids is 1. The monoisotopic (exact) mass is 427 g/mol. The molecule has 0 amide bonds. The minimum Gasteiger partial charge on any atom is -0.377 e. The average Bonchev–Trinajstić information content (AvgIpc) is 3.05. The van der Waals surface area contributed by atoms with Crippen LogP contribution in [0, 0.1) is 0 Å². The lowest BCUT2D eigenvalue weighted by Crippen LogP contribution is -2.13. The summed E-state index contributed by atoms with van der Waals surface area (Å²) in [7, 11) is 3.94. The van der Waals surface area contributed by atoms with Gasteiger partial charge < -0.3 is 10.2 Å². The first-order valence-corrected chi connectivity index (χ1v) is 11.3. The molecule has 6 nitrogen and oxygen atoms in total. The number of carbonyl (C=O) groups is 1. The van der Waals surface area contributed by atoms with E-state index in [4.69, 9.17) is 0 Å². The zero-order chi connectivity index (χ0) is 20.6. The molecule has 0 saturated heterocycles. The molecule has 8 heteroatoms. The summed E-state index contributed by atoms with van der Waals surface area (Å²) in [4.78, 5) is 28.6. The molecule has 2 aromatic rings. The van der Waals surface area contributed by atoms with E-state index >= 15 is 0 Å². The highest BCUT2D eigenvalue weighted by Crippen LogP contribution is 2.40. The Bertz CT molecular complexity index is 975. The minimum atomic E-state index is 0.0913. The summed E-state index contributed by atoms with van der Waals surface area (Å²) in [5.41, 5.74) is 4.62. The molecule has 1 atom stereocenters. The van der Waals surface area contributed by atoms with Crippen LogP contribution < -0.4 is 10.2 Å². The molecule has 3 rings (SSSR count). The molecular formula is C21H25N5OS2. The van der Waals surface area contributed by atoms with Gasteiger partial charge in [-0.25, -0.2) is 9.98 Å². The van der Waals surface area contributed by atoms with Gasteiger partial charge in [-0.05, 0) is 31.9 Å². The Kier molecular flexibility index (Phi) is 7.60. The predicted molar refractivity (Wildman–Crippen MR) is 127 cm³/mol. The highest BCUT2D eigenvalue weighted by molar-refractivity contribution is 8.12. The smallest absolute Gasteiger partial charge is 0.162 e. The lowest BCUT2D eigenvalue weighted by Gasteiger charge is -2.13. The summed E-state index contributed by atoms with van der Waals surface area (Å²) in [6.45, 7) is 2.06. The van der Waals surface area contributed by atoms with E-state index in [1.165, 1.54) is 11.3 Å². The van der Waals surface area contributed by atoms with Gasteiger partial charge >= 0.3 is 0 Å². The number of hydrogen-bond donors (Lipinski definition) is 1. The molecule has 152 valence electrons. The number of aliphatic imine (C=N–C) groups is 2. The van der Waals surface area contributed by atoms with Crippen LogP contribution in [-0.4, -0.2) is 49.0 Å². The second-order valence-corrected chi connectivity index (χ2v) is 8.68. The van der Waals surface area contributed by atoms with E-state index in [-0.39, 0.29) is 6.04 Å². The Labute approximate surface area is 179 Å². The third kappa shape index (κ3) is 5.55. The van der Waals surface area contributed by atoms with E-state index in [1.807, 2.05) is 30.6 Å². The van der Waals surface area contributed by atoms with Crippen molar-refractivity contribution in [2.75, 3.05) is 24.7 Å². The van der Waals surface area contributed by atoms with Crippen LogP contribution >= 0.6 is 23.1 Å². The third-order valence-corrected chi connectivity index (χ3v) is 6.02. The number of aromatic nitrogens is 1. The molecule has 0 bridgehead atoms. The summed E-state index contributed by atoms with van der Waals surface area (Å²) in [5, 5.41) is 4.20. The third-order valence-electron chi connectivity index (χ3n) is 4.36. The summed E-state index contributed by atoms with van der Waals surface area (Å²) in [5.74, 6) is 0.947. The SMILES string of the molecule is CC1/C=C(/NC=Nc2c(C=O)sc3nccc(N(C)C)c23)CC/C=C\CSC=N1. The Balaban J connectivity index is 1.88. The molecule has 0 saturated carbocycles. The molecule has 1 N–H and O–H groups in total. The van der Waals surface area contributed by atoms with Gasteiger partial charge in [-0.15, -0.1) is 23.1 Å². The van der Waals surface area contributed by atoms with Gasteiger partial charge in [0.2, 0.25) is 0 Å². The van der Waals surface area contributed by atoms with Crippen LogP contribution in [0.4, 0.5) is 11.4 Å². The maximum absolute atomic E-state index is 11.6. The van der Waals surface area contributed by atoms with Crippen LogP contribution in [0.3, 0.4) is 0 Å². The summed E-state index contributed by atoms with van der Waals surface area (Å²) in [6, 6.07) is 2.03. The van der Waals surface area contributed by atoms with Crippen molar-refractivity contribution in [3.63, 3.8) is 0 Å². The van der Waals surface area contributed by atoms with Gasteiger partial charge in [0, 0.05) is 31.7 Å². The highest BCUT2D eigenvalue weighted by atomic mass is 32.2. The molecule has 0 fully saturated rings. The average molecular weight is 428 g/mol. The highest BCUT2D eigenvalue weighted by Gasteiger charge is 2.16. The Morgan fingerprint density at radius 2 is 2.21 bits per heavy atom. The van der Waals surface area contributed by atoms with E-state index in [0.29, 0.717) is 10.6 Å². The first-order chi connectivity index (χ1) is 14.1. The first-order valence-electron chi connectivity index (χ1n) is 9.42. The summed E-state index contributed by atoms with van der Waals surface area (Å²) >= 11 is 3.06. The van der Waals surface area contributed by atoms with Crippen LogP contribution in [0.1, 0.15) is 29.4 Å². The van der Waals surface area contributed by atoms with Gasteiger partial charge in [-0.2, -0.15) is 0 Å². The van der Waals surface area contributed by atoms with Crippen molar-refractivity contribution in [3.8, 4) is 0 Å². The van der Waals surface area contributed by atoms with E-state index in [9.17, 15) is 4.79 Å². The molecule has 2 aromatic heterocycles. The zero-order valence-corrected chi connectivity index (χ0v) is 18.5. The van der Waals surface area contributed by atoms with Crippen LogP contribution in [0.15, 0.2) is 46.2 Å². The number of aldehydes is 1. The standard InChI is InChI=1S/C21H25N5OS2/c1-15-11-16(7-5-4-6-10-28-14-25-15)23-13-24-20-18(12-27)29-21-19(20)17(26(2)3)8-9-22-21/h4,6,8-9,11-15H,5,7,10H2,1-3H3,(H,23,24)/b6-4-,16-11+,25-14?. The Morgan fingerprint density at radius 1 is 1.34 bits per heavy atom. The van der Waals surface area contributed by atoms with E-state index in [2.05, 4.69) is 45.4 Å². The van der Waals surface area contributed by atoms with E-state index < -0.39 is 0 Å². The van der Waals surface area contributed by atoms with Crippen molar-refractivity contribution in [2.24, 2.45) is 9.98 Å². The van der Waals surface area contributed by atoms with Crippen LogP contribution in [0.2, 0.25) is 0 Å². The molecule has 0 aromatic carbocycles. The molecule has 29 heavy (non-hydrogen) atoms. The van der Waals surface area contributed by atoms with Crippen molar-refractivity contribution in [1.82, 2.24) is 10.3 Å². The molecule has 1 unspecified atom stereocenters. The van der Waals surface area contributed by atoms with Crippen molar-refractivity contribution in [1.29, 1.82) is 0 Å². The normalized spacial score (nSPS) is 20.8. The molecule has 3 heterocycles. The zero-order valence-electron chi connectivity index (χ0n) is 16.8. The Morgan fingerprint density at radius 3 is 3.00 bits per heavy atom. The lowest BCUT2D eigenvalue weighted by molar-refractivity contribution is 0.112. The maximum Gasteiger partial charge on any atom is 0.162 e.